The van der Waals surface area contributed by atoms with Crippen LogP contribution in [-0.4, -0.2) is 17.5 Å². The monoisotopic (exact) mass is 367 g/mol. The summed E-state index contributed by atoms with van der Waals surface area (Å²) in [6.07, 6.45) is 1.92. The number of anilines is 1. The lowest BCUT2D eigenvalue weighted by Crippen LogP contribution is -2.34. The zero-order valence-corrected chi connectivity index (χ0v) is 13.5. The smallest absolute Gasteiger partial charge is 0.381 e. The summed E-state index contributed by atoms with van der Waals surface area (Å²) in [6, 6.07) is 4.41. The molecule has 0 aromatic heterocycles. The van der Waals surface area contributed by atoms with Gasteiger partial charge in [-0.15, -0.1) is 0 Å². The molecule has 0 heterocycles. The molecule has 1 N–H and O–H groups in total. The maximum atomic E-state index is 13.1. The van der Waals surface area contributed by atoms with E-state index in [2.05, 4.69) is 21.2 Å². The van der Waals surface area contributed by atoms with Crippen molar-refractivity contribution >= 4 is 33.4 Å². The summed E-state index contributed by atoms with van der Waals surface area (Å²) in [6.45, 7) is 0. The van der Waals surface area contributed by atoms with Gasteiger partial charge in [0.05, 0.1) is 5.56 Å². The molecule has 2 unspecified atom stereocenters. The van der Waals surface area contributed by atoms with Crippen LogP contribution in [0.15, 0.2) is 22.7 Å². The Labute approximate surface area is 129 Å². The molecule has 6 heteroatoms. The Morgan fingerprint density at radius 1 is 1.25 bits per heavy atom. The van der Waals surface area contributed by atoms with Crippen molar-refractivity contribution in [1.82, 2.24) is 0 Å². The van der Waals surface area contributed by atoms with Gasteiger partial charge in [-0.25, -0.2) is 0 Å². The van der Waals surface area contributed by atoms with E-state index in [0.29, 0.717) is 9.72 Å². The lowest BCUT2D eigenvalue weighted by atomic mass is 9.94. The highest BCUT2D eigenvalue weighted by Gasteiger charge is 2.35. The third-order valence-electron chi connectivity index (χ3n) is 3.63. The topological polar surface area (TPSA) is 12.0 Å². The Hall–Kier alpha value is -0.360. The molecule has 0 bridgehead atoms. The van der Waals surface area contributed by atoms with Crippen molar-refractivity contribution in [2.24, 2.45) is 0 Å². The average molecular weight is 368 g/mol. The average Bonchev–Trinajstić information content (AvgIpc) is 2.40. The molecule has 0 radical (unpaired) electrons. The summed E-state index contributed by atoms with van der Waals surface area (Å²) >= 11 is 4.84. The second-order valence-electron chi connectivity index (χ2n) is 5.00. The first-order chi connectivity index (χ1) is 9.41. The van der Waals surface area contributed by atoms with Gasteiger partial charge < -0.3 is 5.32 Å². The van der Waals surface area contributed by atoms with Crippen LogP contribution in [0.2, 0.25) is 0 Å². The Morgan fingerprint density at radius 3 is 2.60 bits per heavy atom. The van der Waals surface area contributed by atoms with E-state index in [9.17, 15) is 13.2 Å². The number of hydrogen-bond acceptors (Lipinski definition) is 2. The fourth-order valence-corrected chi connectivity index (χ4v) is 3.92. The summed E-state index contributed by atoms with van der Waals surface area (Å²) in [5.41, 5.74) is -0.413. The van der Waals surface area contributed by atoms with Gasteiger partial charge in [0.25, 0.3) is 0 Å². The van der Waals surface area contributed by atoms with Crippen LogP contribution in [0.3, 0.4) is 0 Å². The van der Waals surface area contributed by atoms with Crippen molar-refractivity contribution in [2.75, 3.05) is 11.6 Å². The van der Waals surface area contributed by atoms with Gasteiger partial charge in [0.15, 0.2) is 0 Å². The number of alkyl halides is 3. The first-order valence-corrected chi connectivity index (χ1v) is 8.66. The predicted octanol–water partition coefficient (Wildman–Crippen LogP) is 5.55. The molecule has 2 atom stereocenters. The normalized spacial score (nSPS) is 23.6. The fraction of sp³-hybridized carbons (Fsp3) is 0.571. The molecule has 2 rings (SSSR count). The van der Waals surface area contributed by atoms with Crippen LogP contribution in [0, 0.1) is 0 Å². The molecule has 1 aromatic carbocycles. The molecular formula is C14H17BrF3NS. The minimum atomic E-state index is -4.34. The van der Waals surface area contributed by atoms with Crippen LogP contribution in [0.25, 0.3) is 0 Å². The van der Waals surface area contributed by atoms with Crippen LogP contribution < -0.4 is 5.32 Å². The number of halogens is 4. The number of thioether (sulfide) groups is 1. The van der Waals surface area contributed by atoms with E-state index in [1.165, 1.54) is 6.07 Å². The highest BCUT2D eigenvalue weighted by Crippen LogP contribution is 2.38. The van der Waals surface area contributed by atoms with E-state index < -0.39 is 11.7 Å². The molecule has 1 saturated carbocycles. The molecule has 0 saturated heterocycles. The molecule has 0 amide bonds. The minimum Gasteiger partial charge on any atom is -0.381 e. The highest BCUT2D eigenvalue weighted by atomic mass is 79.9. The molecular weight excluding hydrogens is 351 g/mol. The van der Waals surface area contributed by atoms with Crippen LogP contribution in [0.4, 0.5) is 18.9 Å². The molecule has 1 aromatic rings. The van der Waals surface area contributed by atoms with Crippen LogP contribution in [-0.2, 0) is 6.18 Å². The summed E-state index contributed by atoms with van der Waals surface area (Å²) in [5.74, 6) is 0. The lowest BCUT2D eigenvalue weighted by Gasteiger charge is -2.32. The maximum absolute atomic E-state index is 13.1. The standard InChI is InChI=1S/C14H17BrF3NS/c1-20-13-5-3-2-4-12(13)19-11-7-6-9(15)8-10(11)14(16,17)18/h6-8,12-13,19H,2-5H2,1H3. The molecule has 1 aliphatic rings. The van der Waals surface area contributed by atoms with Crippen molar-refractivity contribution in [1.29, 1.82) is 0 Å². The molecule has 1 aliphatic carbocycles. The van der Waals surface area contributed by atoms with Crippen molar-refractivity contribution in [2.45, 2.75) is 43.2 Å². The summed E-state index contributed by atoms with van der Waals surface area (Å²) in [5, 5.41) is 3.51. The SMILES string of the molecule is CSC1CCCCC1Nc1ccc(Br)cc1C(F)(F)F. The fourth-order valence-electron chi connectivity index (χ4n) is 2.62. The zero-order valence-electron chi connectivity index (χ0n) is 11.1. The molecule has 1 nitrogen and oxygen atoms in total. The molecule has 1 fully saturated rings. The molecule has 112 valence electrons. The quantitative estimate of drug-likeness (QED) is 0.750. The predicted molar refractivity (Wildman–Crippen MR) is 82.3 cm³/mol. The third kappa shape index (κ3) is 3.85. The summed E-state index contributed by atoms with van der Waals surface area (Å²) < 4.78 is 39.7. The summed E-state index contributed by atoms with van der Waals surface area (Å²) in [7, 11) is 0. The minimum absolute atomic E-state index is 0.112. The number of benzene rings is 1. The van der Waals surface area contributed by atoms with Gasteiger partial charge in [-0.1, -0.05) is 28.8 Å². The van der Waals surface area contributed by atoms with Crippen LogP contribution in [0.1, 0.15) is 31.2 Å². The molecule has 20 heavy (non-hydrogen) atoms. The Bertz CT molecular complexity index is 464. The van der Waals surface area contributed by atoms with Gasteiger partial charge in [-0.3, -0.25) is 0 Å². The molecule has 0 spiro atoms. The first-order valence-electron chi connectivity index (χ1n) is 6.58. The van der Waals surface area contributed by atoms with Gasteiger partial charge in [0.1, 0.15) is 0 Å². The number of nitrogens with one attached hydrogen (secondary N) is 1. The second kappa shape index (κ2) is 6.60. The van der Waals surface area contributed by atoms with E-state index in [-0.39, 0.29) is 11.7 Å². The number of hydrogen-bond donors (Lipinski definition) is 1. The Balaban J connectivity index is 2.24. The van der Waals surface area contributed by atoms with Gasteiger partial charge >= 0.3 is 6.18 Å². The Morgan fingerprint density at radius 2 is 1.95 bits per heavy atom. The zero-order chi connectivity index (χ0) is 14.8. The van der Waals surface area contributed by atoms with Crippen molar-refractivity contribution in [3.05, 3.63) is 28.2 Å². The second-order valence-corrected chi connectivity index (χ2v) is 6.99. The van der Waals surface area contributed by atoms with E-state index in [1.807, 2.05) is 6.26 Å². The van der Waals surface area contributed by atoms with Gasteiger partial charge in [0.2, 0.25) is 0 Å². The van der Waals surface area contributed by atoms with Gasteiger partial charge in [-0.2, -0.15) is 24.9 Å². The highest BCUT2D eigenvalue weighted by molar-refractivity contribution is 9.10. The van der Waals surface area contributed by atoms with Gasteiger partial charge in [0, 0.05) is 21.5 Å². The van der Waals surface area contributed by atoms with Crippen molar-refractivity contribution in [3.8, 4) is 0 Å². The lowest BCUT2D eigenvalue weighted by molar-refractivity contribution is -0.137. The summed E-state index contributed by atoms with van der Waals surface area (Å²) in [4.78, 5) is 0. The first kappa shape index (κ1) is 16.0. The Kier molecular flexibility index (Phi) is 5.29. The molecule has 0 aliphatic heterocycles. The van der Waals surface area contributed by atoms with Crippen molar-refractivity contribution < 1.29 is 13.2 Å². The van der Waals surface area contributed by atoms with Crippen molar-refractivity contribution in [3.63, 3.8) is 0 Å². The van der Waals surface area contributed by atoms with E-state index in [1.54, 1.807) is 17.8 Å². The van der Waals surface area contributed by atoms with Crippen LogP contribution >= 0.6 is 27.7 Å². The largest absolute Gasteiger partial charge is 0.418 e. The van der Waals surface area contributed by atoms with E-state index in [0.717, 1.165) is 31.7 Å². The van der Waals surface area contributed by atoms with E-state index >= 15 is 0 Å². The van der Waals surface area contributed by atoms with E-state index in [4.69, 9.17) is 0 Å². The maximum Gasteiger partial charge on any atom is 0.418 e. The number of rotatable bonds is 3. The van der Waals surface area contributed by atoms with Crippen LogP contribution in [0.5, 0.6) is 0 Å². The third-order valence-corrected chi connectivity index (χ3v) is 5.30. The van der Waals surface area contributed by atoms with Gasteiger partial charge in [-0.05, 0) is 37.3 Å².